The van der Waals surface area contributed by atoms with E-state index in [-0.39, 0.29) is 23.4 Å². The summed E-state index contributed by atoms with van der Waals surface area (Å²) in [7, 11) is 3.05. The Kier molecular flexibility index (Phi) is 9.04. The van der Waals surface area contributed by atoms with Gasteiger partial charge in [-0.2, -0.15) is 5.10 Å². The molecule has 256 valence electrons. The van der Waals surface area contributed by atoms with Gasteiger partial charge in [-0.3, -0.25) is 19.3 Å². The van der Waals surface area contributed by atoms with Crippen LogP contribution < -0.4 is 20.5 Å². The van der Waals surface area contributed by atoms with Crippen molar-refractivity contribution < 1.29 is 32.9 Å². The molecule has 0 radical (unpaired) electrons. The first-order valence-corrected chi connectivity index (χ1v) is 16.3. The third kappa shape index (κ3) is 6.42. The van der Waals surface area contributed by atoms with Gasteiger partial charge in [0.25, 0.3) is 11.8 Å². The van der Waals surface area contributed by atoms with Crippen LogP contribution >= 0.6 is 0 Å². The first-order chi connectivity index (χ1) is 24.3. The molecule has 3 heterocycles. The lowest BCUT2D eigenvalue weighted by Gasteiger charge is -2.30. The lowest BCUT2D eigenvalue weighted by Crippen LogP contribution is -2.31. The molecule has 2 aromatic heterocycles. The van der Waals surface area contributed by atoms with Crippen molar-refractivity contribution in [2.75, 3.05) is 27.4 Å². The zero-order chi connectivity index (χ0) is 34.8. The maximum atomic E-state index is 13.9. The summed E-state index contributed by atoms with van der Waals surface area (Å²) in [6, 6.07) is 19.2. The van der Waals surface area contributed by atoms with Crippen LogP contribution in [0.15, 0.2) is 79.0 Å². The Morgan fingerprint density at radius 3 is 2.38 bits per heavy atom. The van der Waals surface area contributed by atoms with E-state index in [0.29, 0.717) is 55.6 Å². The number of halogens is 1. The van der Waals surface area contributed by atoms with Gasteiger partial charge in [-0.1, -0.05) is 42.5 Å². The summed E-state index contributed by atoms with van der Waals surface area (Å²) in [5.74, 6) is -1.21. The molecule has 50 heavy (non-hydrogen) atoms. The van der Waals surface area contributed by atoms with Gasteiger partial charge in [0, 0.05) is 31.1 Å². The zero-order valence-corrected chi connectivity index (χ0v) is 27.7. The lowest BCUT2D eigenvalue weighted by molar-refractivity contribution is -0.159. The molecule has 1 fully saturated rings. The average Bonchev–Trinajstić information content (AvgIpc) is 3.75. The summed E-state index contributed by atoms with van der Waals surface area (Å²) in [6.45, 7) is 1.73. The molecule has 2 amide bonds. The number of primary amides is 1. The number of benzene rings is 3. The maximum absolute atomic E-state index is 13.9. The van der Waals surface area contributed by atoms with Crippen molar-refractivity contribution in [1.29, 1.82) is 0 Å². The fourth-order valence-corrected chi connectivity index (χ4v) is 6.56. The van der Waals surface area contributed by atoms with Crippen LogP contribution in [0.5, 0.6) is 11.5 Å². The summed E-state index contributed by atoms with van der Waals surface area (Å²) in [5, 5.41) is 8.54. The summed E-state index contributed by atoms with van der Waals surface area (Å²) in [6.07, 6.45) is 5.53. The Labute approximate surface area is 287 Å². The largest absolute Gasteiger partial charge is 0.497 e. The smallest absolute Gasteiger partial charge is 0.255 e. The second kappa shape index (κ2) is 13.7. The number of hydrogen-bond acceptors (Lipinski definition) is 8. The lowest BCUT2D eigenvalue weighted by atomic mass is 9.89. The van der Waals surface area contributed by atoms with Crippen LogP contribution in [0.4, 0.5) is 4.39 Å². The number of rotatable bonds is 10. The molecule has 1 aliphatic carbocycles. The summed E-state index contributed by atoms with van der Waals surface area (Å²) >= 11 is 0. The van der Waals surface area contributed by atoms with E-state index >= 15 is 0 Å². The van der Waals surface area contributed by atoms with E-state index in [0.717, 1.165) is 39.8 Å². The average molecular weight is 678 g/mol. The van der Waals surface area contributed by atoms with Gasteiger partial charge in [0.2, 0.25) is 0 Å². The van der Waals surface area contributed by atoms with Gasteiger partial charge in [-0.15, -0.1) is 0 Å². The number of methoxy groups -OCH3 is 2. The number of amides is 2. The van der Waals surface area contributed by atoms with E-state index in [1.807, 2.05) is 53.2 Å². The molecule has 0 atom stereocenters. The number of nitrogens with two attached hydrogens (primary N) is 1. The van der Waals surface area contributed by atoms with Gasteiger partial charge in [0.05, 0.1) is 61.9 Å². The van der Waals surface area contributed by atoms with Crippen LogP contribution in [-0.2, 0) is 22.6 Å². The van der Waals surface area contributed by atoms with Crippen LogP contribution in [0.25, 0.3) is 27.7 Å². The second-order valence-electron chi connectivity index (χ2n) is 12.2. The SMILES string of the molecule is COc1ccc(Cn2nc3c(C(N)=O)cnc(C4=CCC5(CC4)OCCO5)c3c2-c2ccc(CNC(=O)c3cc(F)ccc3OC)cc2)cc1. The molecule has 1 saturated heterocycles. The molecular weight excluding hydrogens is 641 g/mol. The third-order valence-corrected chi connectivity index (χ3v) is 9.16. The number of fused-ring (bicyclic) bond motifs is 1. The third-order valence-electron chi connectivity index (χ3n) is 9.16. The standard InChI is InChI=1S/C38H36FN5O6/c1-47-28-10-5-24(6-11-28)22-44-35(26-7-3-23(4-8-26)20-42-37(46)29-19-27(39)9-12-31(29)48-2)32-33(41-21-30(36(40)45)34(32)43-44)25-13-15-38(16-14-25)49-17-18-50-38/h3-13,19,21H,14-18,20,22H2,1-2H3,(H2,40,45)(H,42,46). The number of allylic oxidation sites excluding steroid dienone is 1. The summed E-state index contributed by atoms with van der Waals surface area (Å²) < 4.78 is 38.2. The number of nitrogens with zero attached hydrogens (tertiary/aromatic N) is 3. The van der Waals surface area contributed by atoms with E-state index in [2.05, 4.69) is 11.4 Å². The van der Waals surface area contributed by atoms with Crippen LogP contribution in [0.2, 0.25) is 0 Å². The minimum atomic E-state index is -0.625. The number of aromatic nitrogens is 3. The Hall–Kier alpha value is -5.59. The van der Waals surface area contributed by atoms with Gasteiger partial charge in [0.15, 0.2) is 5.79 Å². The van der Waals surface area contributed by atoms with Crippen LogP contribution in [0, 0.1) is 5.82 Å². The molecule has 11 nitrogen and oxygen atoms in total. The second-order valence-corrected chi connectivity index (χ2v) is 12.2. The molecular formula is C38H36FN5O6. The number of carbonyl (C=O) groups is 2. The zero-order valence-electron chi connectivity index (χ0n) is 27.7. The van der Waals surface area contributed by atoms with Gasteiger partial charge < -0.3 is 30.0 Å². The molecule has 7 rings (SSSR count). The van der Waals surface area contributed by atoms with Gasteiger partial charge in [-0.05, 0) is 53.5 Å². The molecule has 0 unspecified atom stereocenters. The van der Waals surface area contributed by atoms with E-state index in [1.165, 1.54) is 25.4 Å². The van der Waals surface area contributed by atoms with Crippen molar-refractivity contribution in [3.05, 3.63) is 113 Å². The van der Waals surface area contributed by atoms with Crippen LogP contribution in [-0.4, -0.2) is 59.8 Å². The molecule has 1 spiro atoms. The summed E-state index contributed by atoms with van der Waals surface area (Å²) in [4.78, 5) is 30.4. The highest BCUT2D eigenvalue weighted by atomic mass is 19.1. The quantitative estimate of drug-likeness (QED) is 0.194. The molecule has 0 saturated carbocycles. The molecule has 1 aliphatic heterocycles. The van der Waals surface area contributed by atoms with Crippen molar-refractivity contribution >= 4 is 28.3 Å². The first-order valence-electron chi connectivity index (χ1n) is 16.3. The molecule has 2 aliphatic rings. The van der Waals surface area contributed by atoms with E-state index < -0.39 is 23.4 Å². The van der Waals surface area contributed by atoms with Crippen molar-refractivity contribution in [3.8, 4) is 22.8 Å². The highest BCUT2D eigenvalue weighted by molar-refractivity contribution is 6.10. The fourth-order valence-electron chi connectivity index (χ4n) is 6.56. The minimum absolute atomic E-state index is 0.109. The molecule has 3 aromatic carbocycles. The first kappa shape index (κ1) is 32.9. The van der Waals surface area contributed by atoms with Gasteiger partial charge >= 0.3 is 0 Å². The normalized spacial score (nSPS) is 15.2. The molecule has 0 bridgehead atoms. The molecule has 5 aromatic rings. The Bertz CT molecular complexity index is 2100. The predicted octanol–water partition coefficient (Wildman–Crippen LogP) is 5.64. The number of pyridine rings is 1. The van der Waals surface area contributed by atoms with Gasteiger partial charge in [-0.25, -0.2) is 4.39 Å². The van der Waals surface area contributed by atoms with Crippen molar-refractivity contribution in [2.24, 2.45) is 5.73 Å². The Balaban J connectivity index is 1.28. The van der Waals surface area contributed by atoms with Crippen molar-refractivity contribution in [3.63, 3.8) is 0 Å². The minimum Gasteiger partial charge on any atom is -0.497 e. The van der Waals surface area contributed by atoms with Crippen LogP contribution in [0.3, 0.4) is 0 Å². The monoisotopic (exact) mass is 677 g/mol. The summed E-state index contributed by atoms with van der Waals surface area (Å²) in [5.41, 5.74) is 11.7. The Morgan fingerprint density at radius 1 is 0.980 bits per heavy atom. The van der Waals surface area contributed by atoms with Crippen LogP contribution in [0.1, 0.15) is 56.8 Å². The number of nitrogens with one attached hydrogen (secondary N) is 1. The number of ether oxygens (including phenoxy) is 4. The highest BCUT2D eigenvalue weighted by Gasteiger charge is 2.38. The maximum Gasteiger partial charge on any atom is 0.255 e. The molecule has 3 N–H and O–H groups in total. The number of carbonyl (C=O) groups excluding carboxylic acids is 2. The predicted molar refractivity (Wildman–Crippen MR) is 184 cm³/mol. The van der Waals surface area contributed by atoms with Crippen molar-refractivity contribution in [2.45, 2.75) is 38.1 Å². The topological polar surface area (TPSA) is 140 Å². The fraction of sp³-hybridized carbons (Fsp3) is 0.263. The highest BCUT2D eigenvalue weighted by Crippen LogP contribution is 2.42. The van der Waals surface area contributed by atoms with Gasteiger partial charge in [0.1, 0.15) is 22.8 Å². The van der Waals surface area contributed by atoms with E-state index in [4.69, 9.17) is 34.8 Å². The number of hydrogen-bond donors (Lipinski definition) is 2. The molecule has 12 heteroatoms. The Morgan fingerprint density at radius 2 is 1.72 bits per heavy atom. The van der Waals surface area contributed by atoms with E-state index in [9.17, 15) is 14.0 Å². The van der Waals surface area contributed by atoms with E-state index in [1.54, 1.807) is 7.11 Å². The van der Waals surface area contributed by atoms with Crippen molar-refractivity contribution in [1.82, 2.24) is 20.1 Å².